The van der Waals surface area contributed by atoms with Crippen LogP contribution in [0.15, 0.2) is 65.8 Å². The maximum absolute atomic E-state index is 5.94. The Labute approximate surface area is 170 Å². The topological polar surface area (TPSA) is 36.3 Å². The third-order valence-corrected chi connectivity index (χ3v) is 6.56. The second kappa shape index (κ2) is 8.52. The molecule has 4 nitrogen and oxygen atoms in total. The molecule has 4 rings (SSSR count). The Balaban J connectivity index is 1.44. The molecule has 3 aromatic rings. The summed E-state index contributed by atoms with van der Waals surface area (Å²) in [4.78, 5) is 5.56. The van der Waals surface area contributed by atoms with E-state index < -0.39 is 0 Å². The third kappa shape index (κ3) is 4.02. The number of methoxy groups -OCH3 is 1. The molecule has 1 saturated heterocycles. The lowest BCUT2D eigenvalue weighted by atomic mass is 9.86. The first-order chi connectivity index (χ1) is 13.7. The van der Waals surface area contributed by atoms with E-state index in [0.29, 0.717) is 0 Å². The Morgan fingerprint density at radius 1 is 1.14 bits per heavy atom. The van der Waals surface area contributed by atoms with Gasteiger partial charge in [0.1, 0.15) is 5.82 Å². The van der Waals surface area contributed by atoms with Gasteiger partial charge in [-0.05, 0) is 42.3 Å². The van der Waals surface area contributed by atoms with Gasteiger partial charge in [0, 0.05) is 61.9 Å². The van der Waals surface area contributed by atoms with Crippen molar-refractivity contribution in [2.45, 2.75) is 36.0 Å². The lowest BCUT2D eigenvalue weighted by molar-refractivity contribution is -0.0948. The summed E-state index contributed by atoms with van der Waals surface area (Å²) in [6.07, 6.45) is 5.64. The second-order valence-corrected chi connectivity index (χ2v) is 8.19. The fourth-order valence-corrected chi connectivity index (χ4v) is 4.66. The van der Waals surface area contributed by atoms with E-state index in [1.54, 1.807) is 0 Å². The summed E-state index contributed by atoms with van der Waals surface area (Å²) < 4.78 is 13.6. The highest BCUT2D eigenvalue weighted by Gasteiger charge is 2.34. The highest BCUT2D eigenvalue weighted by molar-refractivity contribution is 7.98. The lowest BCUT2D eigenvalue weighted by Crippen LogP contribution is -2.35. The molecule has 2 heterocycles. The molecule has 0 atom stereocenters. The maximum atomic E-state index is 5.94. The zero-order valence-corrected chi connectivity index (χ0v) is 17.2. The summed E-state index contributed by atoms with van der Waals surface area (Å²) in [6, 6.07) is 17.5. The third-order valence-electron chi connectivity index (χ3n) is 5.50. The first kappa shape index (κ1) is 19.2. The van der Waals surface area contributed by atoms with Gasteiger partial charge in [-0.25, -0.2) is 4.98 Å². The van der Waals surface area contributed by atoms with Gasteiger partial charge in [-0.1, -0.05) is 24.3 Å². The summed E-state index contributed by atoms with van der Waals surface area (Å²) in [5.41, 5.74) is 3.50. The summed E-state index contributed by atoms with van der Waals surface area (Å²) in [5.74, 6) is 1.94. The molecule has 0 aliphatic carbocycles. The summed E-state index contributed by atoms with van der Waals surface area (Å²) >= 11 is 1.86. The van der Waals surface area contributed by atoms with Crippen molar-refractivity contribution < 1.29 is 9.47 Å². The van der Waals surface area contributed by atoms with Crippen LogP contribution < -0.4 is 0 Å². The van der Waals surface area contributed by atoms with E-state index in [4.69, 9.17) is 9.47 Å². The van der Waals surface area contributed by atoms with Gasteiger partial charge in [-0.15, -0.1) is 11.8 Å². The fourth-order valence-electron chi connectivity index (χ4n) is 3.75. The highest BCUT2D eigenvalue weighted by atomic mass is 32.2. The van der Waals surface area contributed by atoms with E-state index in [1.165, 1.54) is 16.0 Å². The number of rotatable bonds is 6. The SMILES string of the molecule is COC1(c2cccc(SCc3ccc(-n4ccnc4C)cc3)c2)CCOCC1. The van der Waals surface area contributed by atoms with E-state index in [9.17, 15) is 0 Å². The van der Waals surface area contributed by atoms with Gasteiger partial charge < -0.3 is 14.0 Å². The Kier molecular flexibility index (Phi) is 5.85. The van der Waals surface area contributed by atoms with Crippen LogP contribution in [0.25, 0.3) is 5.69 Å². The molecule has 0 N–H and O–H groups in total. The van der Waals surface area contributed by atoms with Crippen LogP contribution in [-0.2, 0) is 20.8 Å². The largest absolute Gasteiger partial charge is 0.381 e. The van der Waals surface area contributed by atoms with E-state index in [0.717, 1.165) is 43.3 Å². The molecule has 0 unspecified atom stereocenters. The molecular formula is C23H26N2O2S. The average molecular weight is 395 g/mol. The Morgan fingerprint density at radius 3 is 2.61 bits per heavy atom. The first-order valence-corrected chi connectivity index (χ1v) is 10.6. The Hall–Kier alpha value is -2.08. The molecular weight excluding hydrogens is 368 g/mol. The first-order valence-electron chi connectivity index (χ1n) is 9.66. The number of aryl methyl sites for hydroxylation is 1. The van der Waals surface area contributed by atoms with Crippen molar-refractivity contribution in [3.63, 3.8) is 0 Å². The number of benzene rings is 2. The van der Waals surface area contributed by atoms with Gasteiger partial charge in [0.25, 0.3) is 0 Å². The quantitative estimate of drug-likeness (QED) is 0.544. The van der Waals surface area contributed by atoms with Crippen LogP contribution in [0.1, 0.15) is 29.8 Å². The highest BCUT2D eigenvalue weighted by Crippen LogP contribution is 2.37. The van der Waals surface area contributed by atoms with E-state index >= 15 is 0 Å². The van der Waals surface area contributed by atoms with Crippen molar-refractivity contribution in [3.8, 4) is 5.69 Å². The van der Waals surface area contributed by atoms with Crippen molar-refractivity contribution >= 4 is 11.8 Å². The van der Waals surface area contributed by atoms with E-state index in [1.807, 2.05) is 38.2 Å². The molecule has 1 aliphatic rings. The van der Waals surface area contributed by atoms with Crippen LogP contribution in [0.4, 0.5) is 0 Å². The van der Waals surface area contributed by atoms with Gasteiger partial charge in [0.15, 0.2) is 0 Å². The van der Waals surface area contributed by atoms with Crippen molar-refractivity contribution in [2.24, 2.45) is 0 Å². The molecule has 0 saturated carbocycles. The van der Waals surface area contributed by atoms with E-state index in [2.05, 4.69) is 58.1 Å². The molecule has 1 aromatic heterocycles. The van der Waals surface area contributed by atoms with Gasteiger partial charge in [0.05, 0.1) is 5.60 Å². The van der Waals surface area contributed by atoms with Crippen LogP contribution >= 0.6 is 11.8 Å². The smallest absolute Gasteiger partial charge is 0.110 e. The van der Waals surface area contributed by atoms with E-state index in [-0.39, 0.29) is 5.60 Å². The molecule has 146 valence electrons. The van der Waals surface area contributed by atoms with Crippen LogP contribution in [-0.4, -0.2) is 29.9 Å². The molecule has 0 amide bonds. The molecule has 5 heteroatoms. The minimum absolute atomic E-state index is 0.209. The van der Waals surface area contributed by atoms with Gasteiger partial charge >= 0.3 is 0 Å². The van der Waals surface area contributed by atoms with Crippen molar-refractivity contribution in [3.05, 3.63) is 77.9 Å². The average Bonchev–Trinajstić information content (AvgIpc) is 3.19. The molecule has 1 aliphatic heterocycles. The lowest BCUT2D eigenvalue weighted by Gasteiger charge is -2.36. The van der Waals surface area contributed by atoms with Crippen LogP contribution in [0.3, 0.4) is 0 Å². The molecule has 28 heavy (non-hydrogen) atoms. The maximum Gasteiger partial charge on any atom is 0.110 e. The number of thioether (sulfide) groups is 1. The normalized spacial score (nSPS) is 16.2. The number of nitrogens with zero attached hydrogens (tertiary/aromatic N) is 2. The minimum atomic E-state index is -0.209. The monoisotopic (exact) mass is 394 g/mol. The number of ether oxygens (including phenoxy) is 2. The molecule has 1 fully saturated rings. The zero-order valence-electron chi connectivity index (χ0n) is 16.4. The molecule has 0 radical (unpaired) electrons. The van der Waals surface area contributed by atoms with Crippen LogP contribution in [0.5, 0.6) is 0 Å². The van der Waals surface area contributed by atoms with Crippen molar-refractivity contribution in [1.82, 2.24) is 9.55 Å². The molecule has 0 spiro atoms. The molecule has 0 bridgehead atoms. The minimum Gasteiger partial charge on any atom is -0.381 e. The number of imidazole rings is 1. The fraction of sp³-hybridized carbons (Fsp3) is 0.348. The van der Waals surface area contributed by atoms with Gasteiger partial charge in [0.2, 0.25) is 0 Å². The van der Waals surface area contributed by atoms with Crippen LogP contribution in [0, 0.1) is 6.92 Å². The van der Waals surface area contributed by atoms with Crippen molar-refractivity contribution in [2.75, 3.05) is 20.3 Å². The van der Waals surface area contributed by atoms with Crippen LogP contribution in [0.2, 0.25) is 0 Å². The second-order valence-electron chi connectivity index (χ2n) is 7.14. The standard InChI is InChI=1S/C23H26N2O2S/c1-18-24-12-13-25(18)21-8-6-19(7-9-21)17-28-22-5-3-4-20(16-22)23(26-2)10-14-27-15-11-23/h3-9,12-13,16H,10-11,14-15,17H2,1-2H3. The predicted octanol–water partition coefficient (Wildman–Crippen LogP) is 5.13. The van der Waals surface area contributed by atoms with Gasteiger partial charge in [-0.2, -0.15) is 0 Å². The number of hydrogen-bond donors (Lipinski definition) is 0. The molecule has 2 aromatic carbocycles. The van der Waals surface area contributed by atoms with Gasteiger partial charge in [-0.3, -0.25) is 0 Å². The van der Waals surface area contributed by atoms with Crippen molar-refractivity contribution in [1.29, 1.82) is 0 Å². The summed E-state index contributed by atoms with van der Waals surface area (Å²) in [7, 11) is 1.81. The predicted molar refractivity (Wildman–Crippen MR) is 113 cm³/mol. The Bertz CT molecular complexity index is 914. The summed E-state index contributed by atoms with van der Waals surface area (Å²) in [5, 5.41) is 0. The summed E-state index contributed by atoms with van der Waals surface area (Å²) in [6.45, 7) is 3.53. The Morgan fingerprint density at radius 2 is 1.93 bits per heavy atom. The number of aromatic nitrogens is 2. The zero-order chi connectivity index (χ0) is 19.4. The number of hydrogen-bond acceptors (Lipinski definition) is 4.